The summed E-state index contributed by atoms with van der Waals surface area (Å²) in [6, 6.07) is 10.5. The molecule has 2 aromatic carbocycles. The topological polar surface area (TPSA) is 80.0 Å². The summed E-state index contributed by atoms with van der Waals surface area (Å²) in [6.45, 7) is 1.81. The monoisotopic (exact) mass is 441 g/mol. The largest absolute Gasteiger partial charge is 0.507 e. The first-order chi connectivity index (χ1) is 14.8. The number of carbonyl (C=O) groups excluding carboxylic acids is 2. The van der Waals surface area contributed by atoms with Gasteiger partial charge in [0.15, 0.2) is 0 Å². The summed E-state index contributed by atoms with van der Waals surface area (Å²) in [5.74, 6) is -2.65. The van der Waals surface area contributed by atoms with Gasteiger partial charge in [-0.1, -0.05) is 17.7 Å². The molecule has 1 fully saturated rings. The molecule has 0 saturated carbocycles. The quantitative estimate of drug-likeness (QED) is 0.349. The molecule has 0 radical (unpaired) electrons. The highest BCUT2D eigenvalue weighted by Gasteiger charge is 2.48. The van der Waals surface area contributed by atoms with Gasteiger partial charge < -0.3 is 14.3 Å². The number of hydrogen-bond acceptors (Lipinski definition) is 5. The van der Waals surface area contributed by atoms with Crippen LogP contribution in [-0.4, -0.2) is 23.9 Å². The first-order valence-electron chi connectivity index (χ1n) is 9.28. The SMILES string of the molecule is COc1ccc(F)cc1/C(O)=C1/C(=O)C(=O)N(c2ccc(C)c(Cl)c2)C1c1ccco1. The van der Waals surface area contributed by atoms with Gasteiger partial charge in [0.1, 0.15) is 29.1 Å². The third-order valence-corrected chi connectivity index (χ3v) is 5.51. The maximum atomic E-state index is 13.9. The number of benzene rings is 2. The number of aliphatic hydroxyl groups excluding tert-OH is 1. The number of methoxy groups -OCH3 is 1. The summed E-state index contributed by atoms with van der Waals surface area (Å²) in [7, 11) is 1.35. The Bertz CT molecular complexity index is 1220. The molecule has 31 heavy (non-hydrogen) atoms. The molecule has 0 spiro atoms. The number of carbonyl (C=O) groups is 2. The Morgan fingerprint density at radius 1 is 1.19 bits per heavy atom. The van der Waals surface area contributed by atoms with Crippen LogP contribution in [-0.2, 0) is 9.59 Å². The fourth-order valence-electron chi connectivity index (χ4n) is 3.56. The third-order valence-electron chi connectivity index (χ3n) is 5.11. The first kappa shape index (κ1) is 20.7. The minimum absolute atomic E-state index is 0.0565. The van der Waals surface area contributed by atoms with E-state index < -0.39 is 29.3 Å². The summed E-state index contributed by atoms with van der Waals surface area (Å²) in [6.07, 6.45) is 1.39. The van der Waals surface area contributed by atoms with Gasteiger partial charge in [0.2, 0.25) is 0 Å². The van der Waals surface area contributed by atoms with Crippen molar-refractivity contribution in [1.82, 2.24) is 0 Å². The zero-order valence-corrected chi connectivity index (χ0v) is 17.3. The maximum Gasteiger partial charge on any atom is 0.300 e. The second-order valence-corrected chi connectivity index (χ2v) is 7.37. The van der Waals surface area contributed by atoms with Crippen LogP contribution in [0, 0.1) is 12.7 Å². The number of rotatable bonds is 4. The zero-order valence-electron chi connectivity index (χ0n) is 16.6. The number of ketones is 1. The number of nitrogens with zero attached hydrogens (tertiary/aromatic N) is 1. The van der Waals surface area contributed by atoms with Crippen LogP contribution in [0.3, 0.4) is 0 Å². The summed E-state index contributed by atoms with van der Waals surface area (Å²) in [5, 5.41) is 11.4. The average Bonchev–Trinajstić information content (AvgIpc) is 3.37. The van der Waals surface area contributed by atoms with E-state index in [0.29, 0.717) is 10.7 Å². The van der Waals surface area contributed by atoms with Crippen LogP contribution in [0.2, 0.25) is 5.02 Å². The zero-order chi connectivity index (χ0) is 22.3. The number of aryl methyl sites for hydroxylation is 1. The molecule has 0 aliphatic carbocycles. The van der Waals surface area contributed by atoms with Crippen LogP contribution in [0.1, 0.15) is 22.9 Å². The Morgan fingerprint density at radius 3 is 2.61 bits per heavy atom. The van der Waals surface area contributed by atoms with Crippen molar-refractivity contribution < 1.29 is 28.2 Å². The molecule has 4 rings (SSSR count). The van der Waals surface area contributed by atoms with Crippen LogP contribution in [0.15, 0.2) is 64.8 Å². The molecule has 1 aromatic heterocycles. The molecule has 1 aliphatic rings. The van der Waals surface area contributed by atoms with Crippen LogP contribution >= 0.6 is 11.6 Å². The molecular weight excluding hydrogens is 425 g/mol. The van der Waals surface area contributed by atoms with Crippen molar-refractivity contribution in [1.29, 1.82) is 0 Å². The van der Waals surface area contributed by atoms with Crippen LogP contribution in [0.4, 0.5) is 10.1 Å². The normalized spacial score (nSPS) is 17.9. The van der Waals surface area contributed by atoms with Gasteiger partial charge in [-0.15, -0.1) is 0 Å². The summed E-state index contributed by atoms with van der Waals surface area (Å²) in [5.41, 5.74) is 0.838. The van der Waals surface area contributed by atoms with E-state index in [0.717, 1.165) is 17.7 Å². The number of furan rings is 1. The average molecular weight is 442 g/mol. The van der Waals surface area contributed by atoms with Gasteiger partial charge in [-0.25, -0.2) is 4.39 Å². The molecule has 6 nitrogen and oxygen atoms in total. The Kier molecular flexibility index (Phi) is 5.29. The van der Waals surface area contributed by atoms with E-state index in [1.54, 1.807) is 37.3 Å². The third kappa shape index (κ3) is 3.47. The molecule has 8 heteroatoms. The first-order valence-corrected chi connectivity index (χ1v) is 9.65. The van der Waals surface area contributed by atoms with Crippen LogP contribution in [0.25, 0.3) is 5.76 Å². The molecule has 1 saturated heterocycles. The molecule has 2 heterocycles. The van der Waals surface area contributed by atoms with Gasteiger partial charge in [0, 0.05) is 10.7 Å². The highest BCUT2D eigenvalue weighted by molar-refractivity contribution is 6.51. The maximum absolute atomic E-state index is 13.9. The van der Waals surface area contributed by atoms with Crippen molar-refractivity contribution in [2.75, 3.05) is 12.0 Å². The Morgan fingerprint density at radius 2 is 1.97 bits per heavy atom. The van der Waals surface area contributed by atoms with E-state index in [4.69, 9.17) is 20.8 Å². The van der Waals surface area contributed by atoms with E-state index in [-0.39, 0.29) is 22.6 Å². The van der Waals surface area contributed by atoms with Crippen molar-refractivity contribution in [3.05, 3.63) is 88.1 Å². The Hall–Kier alpha value is -3.58. The lowest BCUT2D eigenvalue weighted by Gasteiger charge is -2.24. The fourth-order valence-corrected chi connectivity index (χ4v) is 3.73. The molecule has 1 amide bonds. The van der Waals surface area contributed by atoms with Gasteiger partial charge in [-0.05, 0) is 55.0 Å². The van der Waals surface area contributed by atoms with E-state index in [1.165, 1.54) is 24.3 Å². The summed E-state index contributed by atoms with van der Waals surface area (Å²) >= 11 is 6.23. The van der Waals surface area contributed by atoms with E-state index >= 15 is 0 Å². The van der Waals surface area contributed by atoms with Crippen molar-refractivity contribution >= 4 is 34.7 Å². The number of ether oxygens (including phenoxy) is 1. The molecule has 0 bridgehead atoms. The van der Waals surface area contributed by atoms with Crippen molar-refractivity contribution in [2.24, 2.45) is 0 Å². The second-order valence-electron chi connectivity index (χ2n) is 6.96. The van der Waals surface area contributed by atoms with Gasteiger partial charge >= 0.3 is 0 Å². The predicted molar refractivity (Wildman–Crippen MR) is 113 cm³/mol. The molecule has 1 N–H and O–H groups in total. The highest BCUT2D eigenvalue weighted by atomic mass is 35.5. The smallest absolute Gasteiger partial charge is 0.300 e. The summed E-state index contributed by atoms with van der Waals surface area (Å²) < 4.78 is 24.6. The lowest BCUT2D eigenvalue weighted by atomic mass is 9.98. The second kappa shape index (κ2) is 7.92. The molecule has 1 atom stereocenters. The highest BCUT2D eigenvalue weighted by Crippen LogP contribution is 2.44. The van der Waals surface area contributed by atoms with Crippen molar-refractivity contribution in [2.45, 2.75) is 13.0 Å². The molecule has 158 valence electrons. The van der Waals surface area contributed by atoms with Crippen molar-refractivity contribution in [3.63, 3.8) is 0 Å². The Labute approximate surface area is 182 Å². The number of anilines is 1. The number of amides is 1. The van der Waals surface area contributed by atoms with E-state index in [9.17, 15) is 19.1 Å². The summed E-state index contributed by atoms with van der Waals surface area (Å²) in [4.78, 5) is 27.2. The number of aliphatic hydroxyl groups is 1. The van der Waals surface area contributed by atoms with Crippen LogP contribution in [0.5, 0.6) is 5.75 Å². The molecule has 1 aliphatic heterocycles. The lowest BCUT2D eigenvalue weighted by Crippen LogP contribution is -2.29. The molecular formula is C23H17ClFNO5. The Balaban J connectivity index is 1.97. The van der Waals surface area contributed by atoms with Crippen LogP contribution < -0.4 is 9.64 Å². The predicted octanol–water partition coefficient (Wildman–Crippen LogP) is 5.02. The number of Topliss-reactive ketones (excluding diaryl/α,β-unsaturated/α-hetero) is 1. The minimum Gasteiger partial charge on any atom is -0.507 e. The van der Waals surface area contributed by atoms with Gasteiger partial charge in [0.25, 0.3) is 11.7 Å². The fraction of sp³-hybridized carbons (Fsp3) is 0.130. The van der Waals surface area contributed by atoms with Gasteiger partial charge in [-0.3, -0.25) is 14.5 Å². The minimum atomic E-state index is -1.08. The lowest BCUT2D eigenvalue weighted by molar-refractivity contribution is -0.132. The van der Waals surface area contributed by atoms with Crippen molar-refractivity contribution in [3.8, 4) is 5.75 Å². The number of hydrogen-bond donors (Lipinski definition) is 1. The number of halogens is 2. The molecule has 1 unspecified atom stereocenters. The van der Waals surface area contributed by atoms with E-state index in [2.05, 4.69) is 0 Å². The standard InChI is InChI=1S/C23H17ClFNO5/c1-12-5-7-14(11-16(12)24)26-20(18-4-3-9-31-18)19(22(28)23(26)29)21(27)15-10-13(25)6-8-17(15)30-2/h3-11,20,27H,1-2H3/b21-19-. The van der Waals surface area contributed by atoms with Gasteiger partial charge in [0.05, 0.1) is 24.5 Å². The van der Waals surface area contributed by atoms with Gasteiger partial charge in [-0.2, -0.15) is 0 Å². The molecule has 3 aromatic rings. The van der Waals surface area contributed by atoms with E-state index in [1.807, 2.05) is 0 Å².